The Morgan fingerprint density at radius 3 is 2.73 bits per heavy atom. The highest BCUT2D eigenvalue weighted by molar-refractivity contribution is 5.87. The molecule has 0 saturated carbocycles. The van der Waals surface area contributed by atoms with Gasteiger partial charge in [-0.1, -0.05) is 4.98 Å². The van der Waals surface area contributed by atoms with Gasteiger partial charge in [-0.3, -0.25) is 10.1 Å². The summed E-state index contributed by atoms with van der Waals surface area (Å²) in [5.74, 6) is -3.81. The maximum Gasteiger partial charge on any atom is 0.434 e. The zero-order chi connectivity index (χ0) is 17.0. The van der Waals surface area contributed by atoms with Crippen LogP contribution >= 0.6 is 0 Å². The number of Topliss-reactive ketones (excluding diaryl/α,β-unsaturated/α-hetero) is 1. The Labute approximate surface area is 125 Å². The summed E-state index contributed by atoms with van der Waals surface area (Å²) in [4.78, 5) is 25.7. The summed E-state index contributed by atoms with van der Waals surface area (Å²) < 4.78 is 27.4. The van der Waals surface area contributed by atoms with Crippen LogP contribution in [0.1, 0.15) is 20.3 Å². The first-order valence-corrected chi connectivity index (χ1v) is 6.61. The molecule has 1 rings (SSSR count). The van der Waals surface area contributed by atoms with Gasteiger partial charge in [0.15, 0.2) is 5.78 Å². The van der Waals surface area contributed by atoms with Gasteiger partial charge in [-0.15, -0.1) is 0 Å². The second-order valence-corrected chi connectivity index (χ2v) is 5.39. The molecule has 0 saturated heterocycles. The van der Waals surface area contributed by atoms with Crippen LogP contribution in [0.4, 0.5) is 14.7 Å². The summed E-state index contributed by atoms with van der Waals surface area (Å²) in [7, 11) is 0. The highest BCUT2D eigenvalue weighted by Gasteiger charge is 2.33. The number of nitro groups is 1. The molecular weight excluding hydrogens is 300 g/mol. The molecule has 0 aliphatic rings. The Morgan fingerprint density at radius 1 is 1.55 bits per heavy atom. The molecule has 0 bridgehead atoms. The molecule has 1 heterocycles. The van der Waals surface area contributed by atoms with Crippen LogP contribution in [-0.2, 0) is 11.3 Å². The van der Waals surface area contributed by atoms with Crippen molar-refractivity contribution in [2.45, 2.75) is 38.3 Å². The number of nitrogens with two attached hydrogens (primary N) is 1. The highest BCUT2D eigenvalue weighted by Crippen LogP contribution is 2.15. The van der Waals surface area contributed by atoms with Gasteiger partial charge in [-0.25, -0.2) is 13.3 Å². The lowest BCUT2D eigenvalue weighted by Gasteiger charge is -2.27. The molecule has 0 amide bonds. The number of halogens is 2. The van der Waals surface area contributed by atoms with Crippen molar-refractivity contribution in [2.24, 2.45) is 5.73 Å². The summed E-state index contributed by atoms with van der Waals surface area (Å²) >= 11 is 0. The molecule has 0 aliphatic carbocycles. The maximum atomic E-state index is 13.1. The van der Waals surface area contributed by atoms with E-state index in [9.17, 15) is 23.7 Å². The minimum absolute atomic E-state index is 0.0491. The minimum Gasteiger partial charge on any atom is -0.390 e. The van der Waals surface area contributed by atoms with Crippen molar-refractivity contribution in [3.63, 3.8) is 0 Å². The molecule has 22 heavy (non-hydrogen) atoms. The van der Waals surface area contributed by atoms with Gasteiger partial charge in [0.05, 0.1) is 25.2 Å². The number of aryl methyl sites for hydroxylation is 1. The van der Waals surface area contributed by atoms with E-state index in [-0.39, 0.29) is 24.7 Å². The molecule has 10 heteroatoms. The average Bonchev–Trinajstić information content (AvgIpc) is 2.91. The van der Waals surface area contributed by atoms with Gasteiger partial charge in [0.1, 0.15) is 12.4 Å². The zero-order valence-electron chi connectivity index (χ0n) is 12.4. The fraction of sp³-hybridized carbons (Fsp3) is 0.667. The average molecular weight is 319 g/mol. The predicted octanol–water partition coefficient (Wildman–Crippen LogP) is 0.713. The first-order valence-electron chi connectivity index (χ1n) is 6.61. The first-order chi connectivity index (χ1) is 10.1. The standard InChI is InChI=1S/C12H19F2N5O3/c1-11(2,17-8-12(13,14)7-15)9(20)3-5-18-6-4-16-10(18)19(21)22/h4,6,17H,3,5,7-8,15H2,1-2H3. The van der Waals surface area contributed by atoms with Crippen LogP contribution in [0.15, 0.2) is 12.4 Å². The summed E-state index contributed by atoms with van der Waals surface area (Å²) in [5, 5.41) is 13.2. The lowest BCUT2D eigenvalue weighted by molar-refractivity contribution is -0.396. The van der Waals surface area contributed by atoms with Gasteiger partial charge >= 0.3 is 5.95 Å². The summed E-state index contributed by atoms with van der Waals surface area (Å²) in [6.45, 7) is 1.47. The maximum absolute atomic E-state index is 13.1. The zero-order valence-corrected chi connectivity index (χ0v) is 12.4. The van der Waals surface area contributed by atoms with Gasteiger partial charge in [0, 0.05) is 6.42 Å². The molecule has 0 aromatic carbocycles. The fourth-order valence-electron chi connectivity index (χ4n) is 1.70. The largest absolute Gasteiger partial charge is 0.434 e. The molecule has 0 atom stereocenters. The van der Waals surface area contributed by atoms with E-state index in [4.69, 9.17) is 5.73 Å². The molecule has 3 N–H and O–H groups in total. The Morgan fingerprint density at radius 2 is 2.18 bits per heavy atom. The molecule has 0 unspecified atom stereocenters. The minimum atomic E-state index is -3.10. The van der Waals surface area contributed by atoms with Gasteiger partial charge in [0.25, 0.3) is 5.92 Å². The van der Waals surface area contributed by atoms with Crippen molar-refractivity contribution in [1.82, 2.24) is 14.9 Å². The molecule has 1 aromatic heterocycles. The smallest absolute Gasteiger partial charge is 0.390 e. The number of aromatic nitrogens is 2. The quantitative estimate of drug-likeness (QED) is 0.511. The van der Waals surface area contributed by atoms with Crippen molar-refractivity contribution < 1.29 is 18.5 Å². The highest BCUT2D eigenvalue weighted by atomic mass is 19.3. The number of imidazole rings is 1. The molecule has 1 aromatic rings. The lowest BCUT2D eigenvalue weighted by atomic mass is 9.96. The third-order valence-corrected chi connectivity index (χ3v) is 3.22. The van der Waals surface area contributed by atoms with Crippen molar-refractivity contribution in [3.8, 4) is 0 Å². The molecule has 8 nitrogen and oxygen atoms in total. The third kappa shape index (κ3) is 4.81. The number of hydrogen-bond donors (Lipinski definition) is 2. The molecule has 0 fully saturated rings. The van der Waals surface area contributed by atoms with E-state index >= 15 is 0 Å². The Balaban J connectivity index is 2.60. The monoisotopic (exact) mass is 319 g/mol. The van der Waals surface area contributed by atoms with E-state index in [1.54, 1.807) is 0 Å². The van der Waals surface area contributed by atoms with Crippen molar-refractivity contribution in [2.75, 3.05) is 13.1 Å². The predicted molar refractivity (Wildman–Crippen MR) is 74.6 cm³/mol. The van der Waals surface area contributed by atoms with E-state index < -0.39 is 29.5 Å². The number of nitrogens with one attached hydrogen (secondary N) is 1. The number of nitrogens with zero attached hydrogens (tertiary/aromatic N) is 3. The van der Waals surface area contributed by atoms with Crippen LogP contribution in [0, 0.1) is 10.1 Å². The second kappa shape index (κ2) is 6.88. The number of alkyl halides is 2. The van der Waals surface area contributed by atoms with Crippen LogP contribution in [0.2, 0.25) is 0 Å². The van der Waals surface area contributed by atoms with Crippen LogP contribution in [0.25, 0.3) is 0 Å². The molecular formula is C12H19F2N5O3. The van der Waals surface area contributed by atoms with Gasteiger partial charge < -0.3 is 15.8 Å². The van der Waals surface area contributed by atoms with E-state index in [2.05, 4.69) is 10.3 Å². The second-order valence-electron chi connectivity index (χ2n) is 5.39. The van der Waals surface area contributed by atoms with Crippen molar-refractivity contribution in [1.29, 1.82) is 0 Å². The molecule has 0 spiro atoms. The summed E-state index contributed by atoms with van der Waals surface area (Å²) in [6.07, 6.45) is 2.59. The molecule has 0 radical (unpaired) electrons. The van der Waals surface area contributed by atoms with Gasteiger partial charge in [-0.2, -0.15) is 0 Å². The van der Waals surface area contributed by atoms with Crippen LogP contribution < -0.4 is 11.1 Å². The summed E-state index contributed by atoms with van der Waals surface area (Å²) in [6, 6.07) is 0. The number of carbonyl (C=O) groups is 1. The van der Waals surface area contributed by atoms with E-state index in [1.165, 1.54) is 30.8 Å². The van der Waals surface area contributed by atoms with Crippen molar-refractivity contribution in [3.05, 3.63) is 22.5 Å². The fourth-order valence-corrected chi connectivity index (χ4v) is 1.70. The number of carbonyl (C=O) groups excluding carboxylic acids is 1. The molecule has 0 aliphatic heterocycles. The van der Waals surface area contributed by atoms with E-state index in [0.717, 1.165) is 0 Å². The number of ketones is 1. The molecule has 124 valence electrons. The van der Waals surface area contributed by atoms with Gasteiger partial charge in [-0.05, 0) is 18.8 Å². The summed E-state index contributed by atoms with van der Waals surface area (Å²) in [5.41, 5.74) is 3.74. The van der Waals surface area contributed by atoms with Crippen LogP contribution in [0.3, 0.4) is 0 Å². The Bertz CT molecular complexity index is 545. The van der Waals surface area contributed by atoms with E-state index in [1.807, 2.05) is 0 Å². The number of hydrogen-bond acceptors (Lipinski definition) is 6. The first kappa shape index (κ1) is 18.1. The number of rotatable bonds is 9. The van der Waals surface area contributed by atoms with Gasteiger partial charge in [0.2, 0.25) is 0 Å². The normalized spacial score (nSPS) is 12.4. The lowest BCUT2D eigenvalue weighted by Crippen LogP contribution is -2.52. The SMILES string of the molecule is CC(C)(NCC(F)(F)CN)C(=O)CCn1ccnc1[N+](=O)[O-]. The van der Waals surface area contributed by atoms with Crippen LogP contribution in [-0.4, -0.2) is 44.8 Å². The Hall–Kier alpha value is -1.94. The van der Waals surface area contributed by atoms with E-state index in [0.29, 0.717) is 0 Å². The topological polar surface area (TPSA) is 116 Å². The Kier molecular flexibility index (Phi) is 5.66. The van der Waals surface area contributed by atoms with Crippen LogP contribution in [0.5, 0.6) is 0 Å². The van der Waals surface area contributed by atoms with Crippen molar-refractivity contribution >= 4 is 11.7 Å². The third-order valence-electron chi connectivity index (χ3n) is 3.22.